The van der Waals surface area contributed by atoms with Crippen LogP contribution >= 0.6 is 30.4 Å². The monoisotopic (exact) mass is 442 g/mol. The molecule has 0 aliphatic rings. The van der Waals surface area contributed by atoms with Gasteiger partial charge in [-0.15, -0.1) is 0 Å². The first-order chi connectivity index (χ1) is 11.0. The van der Waals surface area contributed by atoms with E-state index in [0.717, 1.165) is 18.3 Å². The summed E-state index contributed by atoms with van der Waals surface area (Å²) in [7, 11) is -23.5. The second-order valence-electron chi connectivity index (χ2n) is 4.64. The molecule has 25 heavy (non-hydrogen) atoms. The predicted octanol–water partition coefficient (Wildman–Crippen LogP) is -0.834. The van der Waals surface area contributed by atoms with Gasteiger partial charge in [0.25, 0.3) is 0 Å². The summed E-state index contributed by atoms with van der Waals surface area (Å²) in [6.07, 6.45) is 0.912. The van der Waals surface area contributed by atoms with E-state index in [0.29, 0.717) is 0 Å². The molecular formula is C7H14N2O12P4. The number of aromatic nitrogens is 1. The van der Waals surface area contributed by atoms with Gasteiger partial charge in [0.15, 0.2) is 0 Å². The van der Waals surface area contributed by atoms with Crippen LogP contribution < -0.4 is 4.90 Å². The van der Waals surface area contributed by atoms with Crippen molar-refractivity contribution in [2.45, 2.75) is 11.0 Å². The smallest absolute Gasteiger partial charge is 0.323 e. The summed E-state index contributed by atoms with van der Waals surface area (Å²) in [5.74, 6) is -0.879. The van der Waals surface area contributed by atoms with Crippen molar-refractivity contribution >= 4 is 36.2 Å². The molecule has 18 heteroatoms. The van der Waals surface area contributed by atoms with Gasteiger partial charge in [0.05, 0.1) is 0 Å². The van der Waals surface area contributed by atoms with Gasteiger partial charge in [-0.3, -0.25) is 18.3 Å². The molecule has 14 nitrogen and oxygen atoms in total. The van der Waals surface area contributed by atoms with Gasteiger partial charge < -0.3 is 44.0 Å². The molecule has 1 aromatic heterocycles. The van der Waals surface area contributed by atoms with Crippen LogP contribution in [0.1, 0.15) is 0 Å². The van der Waals surface area contributed by atoms with Gasteiger partial charge in [-0.2, -0.15) is 0 Å². The largest absolute Gasteiger partial charge is 0.360 e. The minimum Gasteiger partial charge on any atom is -0.323 e. The SMILES string of the molecule is O=P(O)(O)C(N(c1ccccn1)C(P(=O)(O)O)P(=O)(O)O)P(=O)(O)O. The summed E-state index contributed by atoms with van der Waals surface area (Å²) >= 11 is 0. The van der Waals surface area contributed by atoms with Crippen LogP contribution in [0.4, 0.5) is 5.82 Å². The zero-order valence-corrected chi connectivity index (χ0v) is 15.4. The highest BCUT2D eigenvalue weighted by molar-refractivity contribution is 7.73. The lowest BCUT2D eigenvalue weighted by Gasteiger charge is -2.38. The Morgan fingerprint density at radius 3 is 1.32 bits per heavy atom. The number of hydrogen-bond donors (Lipinski definition) is 8. The van der Waals surface area contributed by atoms with E-state index in [1.165, 1.54) is 6.07 Å². The Labute approximate surface area is 139 Å². The van der Waals surface area contributed by atoms with Gasteiger partial charge in [0, 0.05) is 6.20 Å². The fourth-order valence-electron chi connectivity index (χ4n) is 1.90. The molecule has 1 heterocycles. The van der Waals surface area contributed by atoms with Crippen LogP contribution in [-0.4, -0.2) is 55.2 Å². The molecule has 0 spiro atoms. The molecule has 0 unspecified atom stereocenters. The van der Waals surface area contributed by atoms with Crippen molar-refractivity contribution in [1.29, 1.82) is 0 Å². The average molecular weight is 442 g/mol. The highest BCUT2D eigenvalue weighted by Gasteiger charge is 2.59. The highest BCUT2D eigenvalue weighted by Crippen LogP contribution is 2.69. The van der Waals surface area contributed by atoms with Gasteiger partial charge in [-0.25, -0.2) is 4.98 Å². The lowest BCUT2D eigenvalue weighted by molar-refractivity contribution is 0.323. The molecule has 0 radical (unpaired) electrons. The van der Waals surface area contributed by atoms with Crippen LogP contribution in [0.25, 0.3) is 0 Å². The third-order valence-electron chi connectivity index (χ3n) is 2.61. The van der Waals surface area contributed by atoms with E-state index >= 15 is 0 Å². The van der Waals surface area contributed by atoms with E-state index in [2.05, 4.69) is 4.98 Å². The summed E-state index contributed by atoms with van der Waals surface area (Å²) in [6, 6.07) is 3.13. The Morgan fingerprint density at radius 1 is 0.720 bits per heavy atom. The topological polar surface area (TPSA) is 246 Å². The molecular weight excluding hydrogens is 428 g/mol. The Bertz CT molecular complexity index is 699. The summed E-state index contributed by atoms with van der Waals surface area (Å²) in [6.45, 7) is 0. The summed E-state index contributed by atoms with van der Waals surface area (Å²) in [4.78, 5) is 77.2. The Hall–Kier alpha value is -0.450. The van der Waals surface area contributed by atoms with Crippen molar-refractivity contribution in [3.05, 3.63) is 24.4 Å². The first-order valence-corrected chi connectivity index (χ1v) is 12.6. The number of hydrogen-bond acceptors (Lipinski definition) is 6. The first-order valence-electron chi connectivity index (χ1n) is 5.87. The Morgan fingerprint density at radius 2 is 1.08 bits per heavy atom. The molecule has 0 amide bonds. The van der Waals surface area contributed by atoms with Gasteiger partial charge >= 0.3 is 30.4 Å². The van der Waals surface area contributed by atoms with Crippen LogP contribution in [0.3, 0.4) is 0 Å². The van der Waals surface area contributed by atoms with Crippen molar-refractivity contribution in [1.82, 2.24) is 4.98 Å². The molecule has 0 saturated heterocycles. The van der Waals surface area contributed by atoms with Crippen LogP contribution in [0.2, 0.25) is 0 Å². The lowest BCUT2D eigenvalue weighted by Crippen LogP contribution is -2.43. The second kappa shape index (κ2) is 7.28. The standard InChI is InChI=1S/C7H14N2O12P4/c10-22(11,12)6(23(13,14)15)9(5-3-1-2-4-8-5)7(24(16,17)18)25(19,20)21/h1-4,6-7H,(H2,10,11,12)(H2,13,14,15)(H2,16,17,18)(H2,19,20,21). The fraction of sp³-hybridized carbons (Fsp3) is 0.286. The van der Waals surface area contributed by atoms with E-state index in [1.807, 2.05) is 0 Å². The van der Waals surface area contributed by atoms with E-state index in [9.17, 15) is 57.4 Å². The summed E-state index contributed by atoms with van der Waals surface area (Å²) in [5, 5.41) is 0. The molecule has 0 bridgehead atoms. The molecule has 1 rings (SSSR count). The van der Waals surface area contributed by atoms with E-state index in [-0.39, 0.29) is 0 Å². The summed E-state index contributed by atoms with van der Waals surface area (Å²) in [5.41, 5.74) is -6.58. The number of anilines is 1. The normalized spacial score (nSPS) is 14.2. The predicted molar refractivity (Wildman–Crippen MR) is 82.5 cm³/mol. The Kier molecular flexibility index (Phi) is 6.58. The van der Waals surface area contributed by atoms with Crippen LogP contribution in [0.5, 0.6) is 0 Å². The lowest BCUT2D eigenvalue weighted by atomic mass is 10.4. The number of pyridine rings is 1. The number of nitrogens with zero attached hydrogens (tertiary/aromatic N) is 2. The van der Waals surface area contributed by atoms with Crippen molar-refractivity contribution in [3.63, 3.8) is 0 Å². The molecule has 0 fully saturated rings. The maximum absolute atomic E-state index is 11.6. The summed E-state index contributed by atoms with van der Waals surface area (Å²) < 4.78 is 46.3. The molecule has 8 N–H and O–H groups in total. The minimum absolute atomic E-state index is 0.414. The second-order valence-corrected chi connectivity index (χ2v) is 12.1. The maximum Gasteiger partial charge on any atom is 0.360 e. The first kappa shape index (κ1) is 22.6. The van der Waals surface area contributed by atoms with Crippen molar-refractivity contribution in [3.8, 4) is 0 Å². The van der Waals surface area contributed by atoms with Crippen molar-refractivity contribution in [2.75, 3.05) is 4.90 Å². The third kappa shape index (κ3) is 5.77. The zero-order valence-electron chi connectivity index (χ0n) is 11.9. The number of rotatable bonds is 7. The van der Waals surface area contributed by atoms with Gasteiger partial charge in [0.2, 0.25) is 11.0 Å². The fourth-order valence-corrected chi connectivity index (χ4v) is 7.76. The minimum atomic E-state index is -5.88. The highest BCUT2D eigenvalue weighted by atomic mass is 31.2. The zero-order chi connectivity index (χ0) is 19.8. The van der Waals surface area contributed by atoms with Gasteiger partial charge in [0.1, 0.15) is 5.82 Å². The molecule has 0 atom stereocenters. The van der Waals surface area contributed by atoms with E-state index in [4.69, 9.17) is 0 Å². The molecule has 1 aromatic rings. The maximum atomic E-state index is 11.6. The van der Waals surface area contributed by atoms with E-state index < -0.39 is 52.1 Å². The van der Waals surface area contributed by atoms with Crippen molar-refractivity contribution in [2.24, 2.45) is 0 Å². The van der Waals surface area contributed by atoms with Crippen LogP contribution in [-0.2, 0) is 18.3 Å². The third-order valence-corrected chi connectivity index (χ3v) is 9.63. The molecule has 0 aromatic carbocycles. The molecule has 0 saturated carbocycles. The van der Waals surface area contributed by atoms with E-state index in [1.54, 1.807) is 0 Å². The van der Waals surface area contributed by atoms with Crippen molar-refractivity contribution < 1.29 is 57.4 Å². The average Bonchev–Trinajstić information content (AvgIpc) is 2.32. The molecule has 0 aliphatic heterocycles. The van der Waals surface area contributed by atoms with Crippen LogP contribution in [0.15, 0.2) is 24.4 Å². The quantitative estimate of drug-likeness (QED) is 0.240. The van der Waals surface area contributed by atoms with Gasteiger partial charge in [-0.05, 0) is 12.1 Å². The van der Waals surface area contributed by atoms with Gasteiger partial charge in [-0.1, -0.05) is 6.07 Å². The van der Waals surface area contributed by atoms with Crippen LogP contribution in [0, 0.1) is 0 Å². The molecule has 0 aliphatic carbocycles. The molecule has 144 valence electrons. The Balaban J connectivity index is 3.88.